The lowest BCUT2D eigenvalue weighted by Gasteiger charge is -2.20. The number of unbranched alkanes of at least 4 members (excludes halogenated alkanes) is 3. The maximum atomic E-state index is 2.52. The minimum Gasteiger partial charge on any atom is -0.0814 e. The van der Waals surface area contributed by atoms with E-state index in [1.807, 2.05) is 0 Å². The molecule has 29 heavy (non-hydrogen) atoms. The van der Waals surface area contributed by atoms with Crippen LogP contribution in [0.4, 0.5) is 0 Å². The number of allylic oxidation sites excluding steroid dienone is 6. The molecule has 0 bridgehead atoms. The molecule has 0 nitrogen and oxygen atoms in total. The van der Waals surface area contributed by atoms with Crippen molar-refractivity contribution >= 4 is 11.1 Å². The highest BCUT2D eigenvalue weighted by atomic mass is 14.2. The summed E-state index contributed by atoms with van der Waals surface area (Å²) in [6.45, 7) is 8.95. The van der Waals surface area contributed by atoms with E-state index in [1.165, 1.54) is 59.1 Å². The van der Waals surface area contributed by atoms with Gasteiger partial charge in [0.05, 0.1) is 0 Å². The zero-order chi connectivity index (χ0) is 20.9. The molecule has 0 fully saturated rings. The molecule has 0 amide bonds. The first-order valence-electron chi connectivity index (χ1n) is 11.3. The Balaban J connectivity index is 2.71. The highest BCUT2D eigenvalue weighted by molar-refractivity contribution is 5.98. The first kappa shape index (κ1) is 22.9. The van der Waals surface area contributed by atoms with Gasteiger partial charge in [0.1, 0.15) is 0 Å². The summed E-state index contributed by atoms with van der Waals surface area (Å²) in [7, 11) is 0. The van der Waals surface area contributed by atoms with Crippen molar-refractivity contribution in [1.82, 2.24) is 0 Å². The molecule has 0 unspecified atom stereocenters. The first-order valence-corrected chi connectivity index (χ1v) is 11.3. The monoisotopic (exact) mass is 386 g/mol. The minimum atomic E-state index is 0.966. The Morgan fingerprint density at radius 2 is 1.31 bits per heavy atom. The predicted octanol–water partition coefficient (Wildman–Crippen LogP) is 9.26. The van der Waals surface area contributed by atoms with Crippen LogP contribution in [0.2, 0.25) is 0 Å². The molecule has 2 rings (SSSR count). The highest BCUT2D eigenvalue weighted by Gasteiger charge is 2.15. The summed E-state index contributed by atoms with van der Waals surface area (Å²) in [5.74, 6) is 0. The summed E-state index contributed by atoms with van der Waals surface area (Å²) in [5, 5.41) is 0. The third kappa shape index (κ3) is 7.54. The second-order valence-corrected chi connectivity index (χ2v) is 8.05. The molecule has 0 aliphatic rings. The Morgan fingerprint density at radius 1 is 0.724 bits per heavy atom. The van der Waals surface area contributed by atoms with E-state index in [4.69, 9.17) is 0 Å². The van der Waals surface area contributed by atoms with Gasteiger partial charge in [0.15, 0.2) is 0 Å². The average Bonchev–Trinajstić information content (AvgIpc) is 2.75. The third-order valence-electron chi connectivity index (χ3n) is 5.27. The van der Waals surface area contributed by atoms with Crippen molar-refractivity contribution < 1.29 is 0 Å². The van der Waals surface area contributed by atoms with Crippen molar-refractivity contribution in [2.45, 2.75) is 72.6 Å². The van der Waals surface area contributed by atoms with Crippen LogP contribution in [0.1, 0.15) is 83.8 Å². The van der Waals surface area contributed by atoms with Gasteiger partial charge < -0.3 is 0 Å². The molecule has 0 heteroatoms. The van der Waals surface area contributed by atoms with Crippen molar-refractivity contribution in [3.63, 3.8) is 0 Å². The van der Waals surface area contributed by atoms with Crippen LogP contribution in [-0.2, 0) is 0 Å². The Labute approximate surface area is 179 Å². The van der Waals surface area contributed by atoms with E-state index in [9.17, 15) is 0 Å². The van der Waals surface area contributed by atoms with Crippen LogP contribution in [0.25, 0.3) is 11.1 Å². The van der Waals surface area contributed by atoms with Gasteiger partial charge in [-0.05, 0) is 67.4 Å². The van der Waals surface area contributed by atoms with Gasteiger partial charge in [0, 0.05) is 0 Å². The summed E-state index contributed by atoms with van der Waals surface area (Å²) >= 11 is 0. The molecule has 0 heterocycles. The van der Waals surface area contributed by atoms with Crippen molar-refractivity contribution in [2.75, 3.05) is 0 Å². The van der Waals surface area contributed by atoms with Gasteiger partial charge >= 0.3 is 0 Å². The SMILES string of the molecule is CCCCC=C(CCCC)C(=C(CC=C(C)C)c1ccccc1)c1ccccc1. The maximum absolute atomic E-state index is 2.52. The summed E-state index contributed by atoms with van der Waals surface area (Å²) in [5.41, 5.74) is 8.45. The van der Waals surface area contributed by atoms with E-state index in [-0.39, 0.29) is 0 Å². The van der Waals surface area contributed by atoms with Crippen LogP contribution in [0.15, 0.2) is 84.0 Å². The Hall–Kier alpha value is -2.34. The quantitative estimate of drug-likeness (QED) is 0.156. The average molecular weight is 387 g/mol. The zero-order valence-electron chi connectivity index (χ0n) is 18.9. The van der Waals surface area contributed by atoms with Gasteiger partial charge in [-0.3, -0.25) is 0 Å². The zero-order valence-corrected chi connectivity index (χ0v) is 18.9. The largest absolute Gasteiger partial charge is 0.0814 e. The fourth-order valence-electron chi connectivity index (χ4n) is 3.64. The minimum absolute atomic E-state index is 0.966. The molecular formula is C29H38. The number of hydrogen-bond donors (Lipinski definition) is 0. The van der Waals surface area contributed by atoms with Gasteiger partial charge in [-0.15, -0.1) is 0 Å². The van der Waals surface area contributed by atoms with Crippen molar-refractivity contribution in [1.29, 1.82) is 0 Å². The Kier molecular flexibility index (Phi) is 10.3. The molecule has 0 aliphatic carbocycles. The van der Waals surface area contributed by atoms with Crippen molar-refractivity contribution in [3.05, 3.63) is 95.1 Å². The van der Waals surface area contributed by atoms with Crippen LogP contribution >= 0.6 is 0 Å². The summed E-state index contributed by atoms with van der Waals surface area (Å²) in [6.07, 6.45) is 13.1. The molecule has 0 radical (unpaired) electrons. The first-order chi connectivity index (χ1) is 14.2. The molecular weight excluding hydrogens is 348 g/mol. The molecule has 0 aromatic heterocycles. The van der Waals surface area contributed by atoms with Gasteiger partial charge in [-0.1, -0.05) is 111 Å². The number of hydrogen-bond acceptors (Lipinski definition) is 0. The number of benzene rings is 2. The van der Waals surface area contributed by atoms with Crippen LogP contribution in [0.5, 0.6) is 0 Å². The third-order valence-corrected chi connectivity index (χ3v) is 5.27. The van der Waals surface area contributed by atoms with E-state index in [2.05, 4.69) is 101 Å². The number of rotatable bonds is 11. The fraction of sp³-hybridized carbons (Fsp3) is 0.379. The van der Waals surface area contributed by atoms with E-state index in [0.717, 1.165) is 19.3 Å². The van der Waals surface area contributed by atoms with Crippen molar-refractivity contribution in [3.8, 4) is 0 Å². The van der Waals surface area contributed by atoms with E-state index >= 15 is 0 Å². The molecule has 0 saturated carbocycles. The lowest BCUT2D eigenvalue weighted by Crippen LogP contribution is -1.98. The van der Waals surface area contributed by atoms with Gasteiger partial charge in [0.25, 0.3) is 0 Å². The van der Waals surface area contributed by atoms with Crippen LogP contribution < -0.4 is 0 Å². The Morgan fingerprint density at radius 3 is 1.86 bits per heavy atom. The highest BCUT2D eigenvalue weighted by Crippen LogP contribution is 2.37. The summed E-state index contributed by atoms with van der Waals surface area (Å²) in [6, 6.07) is 22.0. The molecule has 2 aromatic carbocycles. The maximum Gasteiger partial charge on any atom is -0.00828 e. The van der Waals surface area contributed by atoms with Crippen molar-refractivity contribution in [2.24, 2.45) is 0 Å². The standard InChI is InChI=1S/C29H38/c1-5-7-11-19-26(16-8-6-2)29(27-20-14-10-15-21-27)28(23-22-24(3)4)25-17-12-9-13-18-25/h9-10,12-15,17-22H,5-8,11,16,23H2,1-4H3. The second-order valence-electron chi connectivity index (χ2n) is 8.05. The molecule has 0 atom stereocenters. The molecule has 2 aromatic rings. The van der Waals surface area contributed by atoms with E-state index < -0.39 is 0 Å². The van der Waals surface area contributed by atoms with Gasteiger partial charge in [0.2, 0.25) is 0 Å². The lowest BCUT2D eigenvalue weighted by atomic mass is 9.85. The van der Waals surface area contributed by atoms with Gasteiger partial charge in [-0.25, -0.2) is 0 Å². The smallest absolute Gasteiger partial charge is 0.00828 e. The Bertz CT molecular complexity index is 800. The van der Waals surface area contributed by atoms with E-state index in [1.54, 1.807) is 0 Å². The fourth-order valence-corrected chi connectivity index (χ4v) is 3.64. The summed E-state index contributed by atoms with van der Waals surface area (Å²) < 4.78 is 0. The van der Waals surface area contributed by atoms with Crippen LogP contribution in [0.3, 0.4) is 0 Å². The molecule has 0 spiro atoms. The lowest BCUT2D eigenvalue weighted by molar-refractivity contribution is 0.780. The molecule has 0 N–H and O–H groups in total. The predicted molar refractivity (Wildman–Crippen MR) is 131 cm³/mol. The topological polar surface area (TPSA) is 0 Å². The normalized spacial score (nSPS) is 12.5. The van der Waals surface area contributed by atoms with Crippen LogP contribution in [-0.4, -0.2) is 0 Å². The molecule has 154 valence electrons. The van der Waals surface area contributed by atoms with Gasteiger partial charge in [-0.2, -0.15) is 0 Å². The summed E-state index contributed by atoms with van der Waals surface area (Å²) in [4.78, 5) is 0. The van der Waals surface area contributed by atoms with E-state index in [0.29, 0.717) is 0 Å². The van der Waals surface area contributed by atoms with Crippen LogP contribution in [0, 0.1) is 0 Å². The molecule has 0 aliphatic heterocycles. The second kappa shape index (κ2) is 13.0. The molecule has 0 saturated heterocycles.